The van der Waals surface area contributed by atoms with Crippen LogP contribution in [-0.4, -0.2) is 12.6 Å². The summed E-state index contributed by atoms with van der Waals surface area (Å²) in [6.45, 7) is 7.11. The van der Waals surface area contributed by atoms with Gasteiger partial charge in [-0.15, -0.1) is 0 Å². The molecule has 2 amide bonds. The second-order valence-electron chi connectivity index (χ2n) is 4.61. The smallest absolute Gasteiger partial charge is 0.319 e. The van der Waals surface area contributed by atoms with Crippen molar-refractivity contribution in [3.63, 3.8) is 0 Å². The lowest BCUT2D eigenvalue weighted by Crippen LogP contribution is -2.30. The van der Waals surface area contributed by atoms with Gasteiger partial charge in [-0.25, -0.2) is 4.79 Å². The summed E-state index contributed by atoms with van der Waals surface area (Å²) in [5.74, 6) is 0.610. The van der Waals surface area contributed by atoms with Crippen molar-refractivity contribution < 1.29 is 4.79 Å². The molecule has 94 valence electrons. The maximum atomic E-state index is 11.5. The average molecular weight is 234 g/mol. The van der Waals surface area contributed by atoms with E-state index in [1.54, 1.807) is 0 Å². The van der Waals surface area contributed by atoms with Gasteiger partial charge < -0.3 is 10.6 Å². The van der Waals surface area contributed by atoms with Gasteiger partial charge in [0.05, 0.1) is 0 Å². The number of carbonyl (C=O) groups excluding carboxylic acids is 1. The van der Waals surface area contributed by atoms with Crippen LogP contribution in [0.5, 0.6) is 0 Å². The monoisotopic (exact) mass is 234 g/mol. The molecule has 1 rings (SSSR count). The Kier molecular flexibility index (Phi) is 5.53. The van der Waals surface area contributed by atoms with Crippen molar-refractivity contribution in [2.75, 3.05) is 11.9 Å². The molecule has 1 aromatic rings. The van der Waals surface area contributed by atoms with Crippen molar-refractivity contribution in [3.05, 3.63) is 29.8 Å². The van der Waals surface area contributed by atoms with Gasteiger partial charge in [0.2, 0.25) is 0 Å². The third-order valence-corrected chi connectivity index (χ3v) is 2.63. The molecule has 0 unspecified atom stereocenters. The Bertz CT molecular complexity index is 344. The number of nitrogens with one attached hydrogen (secondary N) is 2. The molecule has 0 aromatic heterocycles. The number of hydrogen-bond donors (Lipinski definition) is 2. The number of hydrogen-bond acceptors (Lipinski definition) is 1. The minimum Gasteiger partial charge on any atom is -0.338 e. The zero-order valence-corrected chi connectivity index (χ0v) is 10.9. The highest BCUT2D eigenvalue weighted by Crippen LogP contribution is 2.09. The Hall–Kier alpha value is -1.51. The van der Waals surface area contributed by atoms with Gasteiger partial charge >= 0.3 is 6.03 Å². The predicted octanol–water partition coefficient (Wildman–Crippen LogP) is 3.42. The van der Waals surface area contributed by atoms with Gasteiger partial charge in [-0.3, -0.25) is 0 Å². The molecule has 0 spiro atoms. The van der Waals surface area contributed by atoms with Crippen LogP contribution in [0.2, 0.25) is 0 Å². The van der Waals surface area contributed by atoms with E-state index in [1.165, 1.54) is 5.56 Å². The van der Waals surface area contributed by atoms with Crippen LogP contribution in [0.4, 0.5) is 10.5 Å². The molecule has 0 saturated carbocycles. The molecule has 1 aromatic carbocycles. The van der Waals surface area contributed by atoms with E-state index < -0.39 is 0 Å². The van der Waals surface area contributed by atoms with Crippen molar-refractivity contribution >= 4 is 11.7 Å². The first-order chi connectivity index (χ1) is 8.11. The minimum atomic E-state index is -0.130. The standard InChI is InChI=1S/C14H22N2O/c1-4-12-5-7-13(8-6-12)16-14(17)15-10-9-11(2)3/h5-8,11H,4,9-10H2,1-3H3,(H2,15,16,17). The Morgan fingerprint density at radius 3 is 2.41 bits per heavy atom. The normalized spacial score (nSPS) is 10.4. The van der Waals surface area contributed by atoms with Gasteiger partial charge in [-0.1, -0.05) is 32.9 Å². The van der Waals surface area contributed by atoms with E-state index in [0.717, 1.165) is 25.1 Å². The van der Waals surface area contributed by atoms with Gasteiger partial charge in [0.25, 0.3) is 0 Å². The van der Waals surface area contributed by atoms with E-state index >= 15 is 0 Å². The number of aryl methyl sites for hydroxylation is 1. The molecule has 0 heterocycles. The number of amides is 2. The molecule has 0 bridgehead atoms. The molecule has 0 saturated heterocycles. The van der Waals surface area contributed by atoms with E-state index in [0.29, 0.717) is 5.92 Å². The Morgan fingerprint density at radius 2 is 1.88 bits per heavy atom. The summed E-state index contributed by atoms with van der Waals surface area (Å²) in [6.07, 6.45) is 2.02. The fourth-order valence-electron chi connectivity index (χ4n) is 1.47. The SMILES string of the molecule is CCc1ccc(NC(=O)NCCC(C)C)cc1. The van der Waals surface area contributed by atoms with Crippen molar-refractivity contribution in [1.29, 1.82) is 0 Å². The molecule has 0 fully saturated rings. The average Bonchev–Trinajstić information content (AvgIpc) is 2.29. The Morgan fingerprint density at radius 1 is 1.24 bits per heavy atom. The van der Waals surface area contributed by atoms with Gasteiger partial charge in [0, 0.05) is 12.2 Å². The van der Waals surface area contributed by atoms with E-state index in [2.05, 4.69) is 31.4 Å². The van der Waals surface area contributed by atoms with Crippen molar-refractivity contribution in [2.24, 2.45) is 5.92 Å². The molecule has 2 N–H and O–H groups in total. The van der Waals surface area contributed by atoms with Crippen molar-refractivity contribution in [2.45, 2.75) is 33.6 Å². The fraction of sp³-hybridized carbons (Fsp3) is 0.500. The quantitative estimate of drug-likeness (QED) is 0.805. The van der Waals surface area contributed by atoms with Crippen LogP contribution >= 0.6 is 0 Å². The molecule has 0 radical (unpaired) electrons. The van der Waals surface area contributed by atoms with Gasteiger partial charge in [-0.2, -0.15) is 0 Å². The zero-order chi connectivity index (χ0) is 12.7. The molecule has 3 nitrogen and oxygen atoms in total. The summed E-state index contributed by atoms with van der Waals surface area (Å²) >= 11 is 0. The third-order valence-electron chi connectivity index (χ3n) is 2.63. The number of anilines is 1. The van der Waals surface area contributed by atoms with Crippen LogP contribution in [0.1, 0.15) is 32.8 Å². The lowest BCUT2D eigenvalue weighted by Gasteiger charge is -2.09. The predicted molar refractivity (Wildman–Crippen MR) is 72.3 cm³/mol. The molecular formula is C14H22N2O. The second-order valence-corrected chi connectivity index (χ2v) is 4.61. The van der Waals surface area contributed by atoms with E-state index in [9.17, 15) is 4.79 Å². The summed E-state index contributed by atoms with van der Waals surface area (Å²) in [6, 6.07) is 7.80. The number of rotatable bonds is 5. The van der Waals surface area contributed by atoms with Crippen LogP contribution < -0.4 is 10.6 Å². The van der Waals surface area contributed by atoms with E-state index in [1.807, 2.05) is 24.3 Å². The molecule has 3 heteroatoms. The first-order valence-electron chi connectivity index (χ1n) is 6.25. The lowest BCUT2D eigenvalue weighted by atomic mass is 10.1. The summed E-state index contributed by atoms with van der Waals surface area (Å²) in [7, 11) is 0. The summed E-state index contributed by atoms with van der Waals surface area (Å²) in [5, 5.41) is 5.66. The maximum Gasteiger partial charge on any atom is 0.319 e. The fourth-order valence-corrected chi connectivity index (χ4v) is 1.47. The Balaban J connectivity index is 2.34. The number of benzene rings is 1. The van der Waals surface area contributed by atoms with Crippen molar-refractivity contribution in [3.8, 4) is 0 Å². The molecule has 0 aliphatic rings. The number of carbonyl (C=O) groups is 1. The second kappa shape index (κ2) is 6.94. The molecule has 0 aliphatic carbocycles. The van der Waals surface area contributed by atoms with Crippen molar-refractivity contribution in [1.82, 2.24) is 5.32 Å². The highest BCUT2D eigenvalue weighted by molar-refractivity contribution is 5.89. The first-order valence-corrected chi connectivity index (χ1v) is 6.25. The molecule has 0 aliphatic heterocycles. The molecular weight excluding hydrogens is 212 g/mol. The summed E-state index contributed by atoms with van der Waals surface area (Å²) in [4.78, 5) is 11.5. The van der Waals surface area contributed by atoms with Crippen LogP contribution in [0.25, 0.3) is 0 Å². The highest BCUT2D eigenvalue weighted by Gasteiger charge is 2.01. The van der Waals surface area contributed by atoms with Crippen LogP contribution in [0.15, 0.2) is 24.3 Å². The lowest BCUT2D eigenvalue weighted by molar-refractivity contribution is 0.251. The van der Waals surface area contributed by atoms with Crippen LogP contribution in [0.3, 0.4) is 0 Å². The van der Waals surface area contributed by atoms with Gasteiger partial charge in [0.15, 0.2) is 0 Å². The topological polar surface area (TPSA) is 41.1 Å². The third kappa shape index (κ3) is 5.38. The minimum absolute atomic E-state index is 0.130. The summed E-state index contributed by atoms with van der Waals surface area (Å²) < 4.78 is 0. The van der Waals surface area contributed by atoms with E-state index in [-0.39, 0.29) is 6.03 Å². The zero-order valence-electron chi connectivity index (χ0n) is 10.9. The summed E-state index contributed by atoms with van der Waals surface area (Å²) in [5.41, 5.74) is 2.11. The van der Waals surface area contributed by atoms with Gasteiger partial charge in [-0.05, 0) is 36.5 Å². The van der Waals surface area contributed by atoms with Gasteiger partial charge in [0.1, 0.15) is 0 Å². The highest BCUT2D eigenvalue weighted by atomic mass is 16.2. The van der Waals surface area contributed by atoms with E-state index in [4.69, 9.17) is 0 Å². The number of urea groups is 1. The van der Waals surface area contributed by atoms with Crippen LogP contribution in [0, 0.1) is 5.92 Å². The van der Waals surface area contributed by atoms with Crippen LogP contribution in [-0.2, 0) is 6.42 Å². The molecule has 0 atom stereocenters. The Labute approximate surface area is 104 Å². The maximum absolute atomic E-state index is 11.5. The first kappa shape index (κ1) is 13.6. The molecule has 17 heavy (non-hydrogen) atoms. The largest absolute Gasteiger partial charge is 0.338 e.